The second-order valence-electron chi connectivity index (χ2n) is 4.60. The number of pyridine rings is 2. The van der Waals surface area contributed by atoms with Gasteiger partial charge in [-0.15, -0.1) is 0 Å². The second kappa shape index (κ2) is 8.38. The minimum absolute atomic E-state index is 0.0395. The lowest BCUT2D eigenvalue weighted by atomic mass is 10.3. The molecule has 2 rings (SSSR count). The molecule has 0 unspecified atom stereocenters. The number of esters is 1. The smallest absolute Gasteiger partial charge is 0.359 e. The van der Waals surface area contributed by atoms with Crippen LogP contribution in [-0.2, 0) is 9.53 Å². The van der Waals surface area contributed by atoms with Crippen LogP contribution in [0.2, 0.25) is 25.1 Å². The summed E-state index contributed by atoms with van der Waals surface area (Å²) in [6.07, 6.45) is 2.48. The van der Waals surface area contributed by atoms with Gasteiger partial charge in [-0.3, -0.25) is 4.79 Å². The molecule has 25 heavy (non-hydrogen) atoms. The van der Waals surface area contributed by atoms with Crippen molar-refractivity contribution in [1.82, 2.24) is 9.97 Å². The van der Waals surface area contributed by atoms with E-state index in [1.54, 1.807) is 6.92 Å². The number of halogens is 5. The van der Waals surface area contributed by atoms with Crippen LogP contribution in [0.4, 0.5) is 5.82 Å². The third-order valence-electron chi connectivity index (χ3n) is 2.91. The Hall–Kier alpha value is -1.31. The van der Waals surface area contributed by atoms with E-state index < -0.39 is 18.5 Å². The van der Waals surface area contributed by atoms with Crippen LogP contribution in [-0.4, -0.2) is 28.5 Å². The van der Waals surface area contributed by atoms with Gasteiger partial charge < -0.3 is 10.1 Å². The highest BCUT2D eigenvalue weighted by molar-refractivity contribution is 6.48. The van der Waals surface area contributed by atoms with Crippen molar-refractivity contribution in [3.05, 3.63) is 48.8 Å². The Morgan fingerprint density at radius 3 is 2.32 bits per heavy atom. The predicted octanol–water partition coefficient (Wildman–Crippen LogP) is 4.85. The van der Waals surface area contributed by atoms with Crippen LogP contribution in [0, 0.1) is 6.92 Å². The van der Waals surface area contributed by atoms with Crippen LogP contribution in [0.1, 0.15) is 16.1 Å². The SMILES string of the molecule is Cc1c(Cl)cnc(NC(=O)COC(=O)c2ncc(Cl)c(Cl)c2Cl)c1Cl. The topological polar surface area (TPSA) is 81.2 Å². The number of ether oxygens (including phenoxy) is 1. The highest BCUT2D eigenvalue weighted by atomic mass is 35.5. The molecule has 0 radical (unpaired) electrons. The zero-order valence-electron chi connectivity index (χ0n) is 12.4. The first kappa shape index (κ1) is 20.0. The molecular formula is C14H8Cl5N3O3. The van der Waals surface area contributed by atoms with Gasteiger partial charge in [0.05, 0.1) is 25.1 Å². The summed E-state index contributed by atoms with van der Waals surface area (Å²) in [6, 6.07) is 0. The summed E-state index contributed by atoms with van der Waals surface area (Å²) >= 11 is 29.3. The third kappa shape index (κ3) is 4.65. The maximum atomic E-state index is 11.9. The molecule has 0 atom stereocenters. The molecule has 0 spiro atoms. The molecule has 6 nitrogen and oxygen atoms in total. The second-order valence-corrected chi connectivity index (χ2v) is 6.55. The molecule has 0 bridgehead atoms. The predicted molar refractivity (Wildman–Crippen MR) is 97.2 cm³/mol. The number of nitrogens with zero attached hydrogens (tertiary/aromatic N) is 2. The van der Waals surface area contributed by atoms with Gasteiger partial charge in [-0.2, -0.15) is 0 Å². The fourth-order valence-electron chi connectivity index (χ4n) is 1.60. The lowest BCUT2D eigenvalue weighted by molar-refractivity contribution is -0.119. The molecule has 0 aliphatic heterocycles. The van der Waals surface area contributed by atoms with Crippen LogP contribution < -0.4 is 5.32 Å². The number of amides is 1. The number of aromatic nitrogens is 2. The van der Waals surface area contributed by atoms with Crippen LogP contribution in [0.3, 0.4) is 0 Å². The number of hydrogen-bond acceptors (Lipinski definition) is 5. The van der Waals surface area contributed by atoms with E-state index in [0.29, 0.717) is 10.6 Å². The van der Waals surface area contributed by atoms with E-state index in [2.05, 4.69) is 15.3 Å². The van der Waals surface area contributed by atoms with Crippen LogP contribution >= 0.6 is 58.0 Å². The van der Waals surface area contributed by atoms with Gasteiger partial charge in [0.2, 0.25) is 0 Å². The zero-order chi connectivity index (χ0) is 18.7. The summed E-state index contributed by atoms with van der Waals surface area (Å²) in [5.41, 5.74) is 0.291. The van der Waals surface area contributed by atoms with E-state index in [0.717, 1.165) is 6.20 Å². The highest BCUT2D eigenvalue weighted by Crippen LogP contribution is 2.31. The maximum Gasteiger partial charge on any atom is 0.359 e. The summed E-state index contributed by atoms with van der Waals surface area (Å²) in [5, 5.41) is 2.81. The largest absolute Gasteiger partial charge is 0.451 e. The molecule has 1 N–H and O–H groups in total. The van der Waals surface area contributed by atoms with Crippen molar-refractivity contribution in [1.29, 1.82) is 0 Å². The van der Waals surface area contributed by atoms with Gasteiger partial charge in [-0.1, -0.05) is 58.0 Å². The van der Waals surface area contributed by atoms with Gasteiger partial charge in [-0.25, -0.2) is 14.8 Å². The summed E-state index contributed by atoms with van der Waals surface area (Å²) in [6.45, 7) is 1.05. The van der Waals surface area contributed by atoms with Gasteiger partial charge in [0.1, 0.15) is 0 Å². The Bertz CT molecular complexity index is 860. The first-order valence-corrected chi connectivity index (χ1v) is 8.38. The van der Waals surface area contributed by atoms with Gasteiger partial charge in [0.25, 0.3) is 5.91 Å². The molecule has 0 aliphatic carbocycles. The Morgan fingerprint density at radius 1 is 1.00 bits per heavy atom. The van der Waals surface area contributed by atoms with E-state index in [1.807, 2.05) is 0 Å². The van der Waals surface area contributed by atoms with Crippen molar-refractivity contribution < 1.29 is 14.3 Å². The Labute approximate surface area is 167 Å². The fourth-order valence-corrected chi connectivity index (χ4v) is 2.54. The Kier molecular flexibility index (Phi) is 6.71. The van der Waals surface area contributed by atoms with Crippen LogP contribution in [0.5, 0.6) is 0 Å². The number of nitrogens with one attached hydrogen (secondary N) is 1. The van der Waals surface area contributed by atoms with Gasteiger partial charge in [-0.05, 0) is 12.5 Å². The van der Waals surface area contributed by atoms with Crippen LogP contribution in [0.15, 0.2) is 12.4 Å². The number of anilines is 1. The van der Waals surface area contributed by atoms with E-state index in [4.69, 9.17) is 62.7 Å². The molecule has 0 saturated heterocycles. The van der Waals surface area contributed by atoms with Crippen molar-refractivity contribution in [2.75, 3.05) is 11.9 Å². The van der Waals surface area contributed by atoms with Gasteiger partial charge >= 0.3 is 5.97 Å². The van der Waals surface area contributed by atoms with E-state index in [9.17, 15) is 9.59 Å². The minimum Gasteiger partial charge on any atom is -0.451 e. The van der Waals surface area contributed by atoms with Crippen molar-refractivity contribution in [2.24, 2.45) is 0 Å². The maximum absolute atomic E-state index is 11.9. The Balaban J connectivity index is 2.02. The molecular weight excluding hydrogens is 435 g/mol. The fraction of sp³-hybridized carbons (Fsp3) is 0.143. The van der Waals surface area contributed by atoms with Gasteiger partial charge in [0.15, 0.2) is 18.1 Å². The normalized spacial score (nSPS) is 10.5. The standard InChI is InChI=1S/C14H8Cl5N3O3/c1-5-6(15)2-21-13(9(5)17)22-8(23)4-25-14(24)12-11(19)10(18)7(16)3-20-12/h2-3H,4H2,1H3,(H,21,22,23). The molecule has 0 saturated carbocycles. The van der Waals surface area contributed by atoms with Gasteiger partial charge in [0, 0.05) is 12.4 Å². The molecule has 2 heterocycles. The number of rotatable bonds is 4. The highest BCUT2D eigenvalue weighted by Gasteiger charge is 2.20. The van der Waals surface area contributed by atoms with E-state index >= 15 is 0 Å². The average molecular weight is 444 g/mol. The van der Waals surface area contributed by atoms with Crippen molar-refractivity contribution in [3.63, 3.8) is 0 Å². The molecule has 11 heteroatoms. The molecule has 2 aromatic heterocycles. The molecule has 0 aliphatic rings. The third-order valence-corrected chi connectivity index (χ3v) is 4.99. The van der Waals surface area contributed by atoms with Crippen molar-refractivity contribution >= 4 is 75.7 Å². The van der Waals surface area contributed by atoms with Crippen LogP contribution in [0.25, 0.3) is 0 Å². The lowest BCUT2D eigenvalue weighted by Gasteiger charge is -2.10. The summed E-state index contributed by atoms with van der Waals surface area (Å²) < 4.78 is 4.84. The molecule has 0 fully saturated rings. The zero-order valence-corrected chi connectivity index (χ0v) is 16.2. The summed E-state index contributed by atoms with van der Waals surface area (Å²) in [5.74, 6) is -1.51. The number of carbonyl (C=O) groups is 2. The monoisotopic (exact) mass is 441 g/mol. The molecule has 2 aromatic rings. The van der Waals surface area contributed by atoms with E-state index in [1.165, 1.54) is 6.20 Å². The summed E-state index contributed by atoms with van der Waals surface area (Å²) in [4.78, 5) is 31.5. The van der Waals surface area contributed by atoms with E-state index in [-0.39, 0.29) is 31.6 Å². The first-order valence-electron chi connectivity index (χ1n) is 6.49. The summed E-state index contributed by atoms with van der Waals surface area (Å²) in [7, 11) is 0. The number of carbonyl (C=O) groups excluding carboxylic acids is 2. The lowest BCUT2D eigenvalue weighted by Crippen LogP contribution is -2.22. The average Bonchev–Trinajstić information content (AvgIpc) is 2.58. The molecule has 132 valence electrons. The number of hydrogen-bond donors (Lipinski definition) is 1. The first-order chi connectivity index (χ1) is 11.7. The quantitative estimate of drug-likeness (QED) is 0.684. The minimum atomic E-state index is -0.940. The van der Waals surface area contributed by atoms with Crippen molar-refractivity contribution in [3.8, 4) is 0 Å². The Morgan fingerprint density at radius 2 is 1.64 bits per heavy atom. The molecule has 0 aromatic carbocycles. The molecule has 1 amide bonds. The van der Waals surface area contributed by atoms with Crippen molar-refractivity contribution in [2.45, 2.75) is 6.92 Å².